The molecule has 0 bridgehead atoms. The quantitative estimate of drug-likeness (QED) is 0.718. The first-order valence-electron chi connectivity index (χ1n) is 9.35. The van der Waals surface area contributed by atoms with Crippen LogP contribution in [0, 0.1) is 0 Å². The standard InChI is InChI=1S/C18H16O.C6H7N/c19-18-11-17-13-6-2-1-5-12(13)9-10-15(17)14-7-3-4-8-16(14)18;1-2-4-6-7-5-3-1/h3-4,7-10H,1-2,5-6,11H2;1-7H. The Labute approximate surface area is 154 Å². The Kier molecular flexibility index (Phi) is 4.83. The molecule has 0 amide bonds. The molecular formula is C24H23NO. The van der Waals surface area contributed by atoms with Gasteiger partial charge in [0.05, 0.1) is 0 Å². The van der Waals surface area contributed by atoms with E-state index in [4.69, 9.17) is 0 Å². The Balaban J connectivity index is 0.000000204. The van der Waals surface area contributed by atoms with Gasteiger partial charge in [-0.25, -0.2) is 0 Å². The first kappa shape index (κ1) is 16.6. The van der Waals surface area contributed by atoms with Crippen LogP contribution in [0.3, 0.4) is 0 Å². The van der Waals surface area contributed by atoms with Gasteiger partial charge in [0.25, 0.3) is 0 Å². The zero-order valence-electron chi connectivity index (χ0n) is 14.9. The van der Waals surface area contributed by atoms with Crippen molar-refractivity contribution < 1.29 is 4.79 Å². The van der Waals surface area contributed by atoms with Gasteiger partial charge in [0.2, 0.25) is 0 Å². The summed E-state index contributed by atoms with van der Waals surface area (Å²) in [5, 5.41) is 2.92. The summed E-state index contributed by atoms with van der Waals surface area (Å²) in [6.45, 7) is 0. The molecule has 1 heterocycles. The number of ketones is 1. The van der Waals surface area contributed by atoms with E-state index in [9.17, 15) is 4.79 Å². The third-order valence-electron chi connectivity index (χ3n) is 5.22. The monoisotopic (exact) mass is 341 g/mol. The summed E-state index contributed by atoms with van der Waals surface area (Å²) >= 11 is 0. The van der Waals surface area contributed by atoms with Crippen molar-refractivity contribution in [3.8, 4) is 11.1 Å². The lowest BCUT2D eigenvalue weighted by molar-refractivity contribution is 0.0991. The molecular weight excluding hydrogens is 318 g/mol. The van der Waals surface area contributed by atoms with E-state index in [-0.39, 0.29) is 5.78 Å². The highest BCUT2D eigenvalue weighted by atomic mass is 16.1. The minimum Gasteiger partial charge on any atom is -0.368 e. The summed E-state index contributed by atoms with van der Waals surface area (Å²) in [5.74, 6) is 0.280. The molecule has 0 saturated carbocycles. The van der Waals surface area contributed by atoms with Crippen molar-refractivity contribution in [2.24, 2.45) is 0 Å². The molecule has 3 aliphatic rings. The Bertz CT molecular complexity index is 904. The summed E-state index contributed by atoms with van der Waals surface area (Å²) in [6, 6.07) is 12.5. The average Bonchev–Trinajstić information content (AvgIpc) is 3.02. The summed E-state index contributed by atoms with van der Waals surface area (Å²) in [4.78, 5) is 12.3. The van der Waals surface area contributed by atoms with Gasteiger partial charge in [0.1, 0.15) is 0 Å². The molecule has 0 unspecified atom stereocenters. The van der Waals surface area contributed by atoms with Crippen molar-refractivity contribution in [1.82, 2.24) is 5.32 Å². The molecule has 1 aliphatic heterocycles. The molecule has 2 aromatic rings. The van der Waals surface area contributed by atoms with Gasteiger partial charge < -0.3 is 5.32 Å². The zero-order chi connectivity index (χ0) is 17.8. The van der Waals surface area contributed by atoms with Crippen molar-refractivity contribution in [2.45, 2.75) is 32.1 Å². The van der Waals surface area contributed by atoms with Gasteiger partial charge in [-0.05, 0) is 65.7 Å². The molecule has 2 aromatic carbocycles. The number of hydrogen-bond acceptors (Lipinski definition) is 2. The van der Waals surface area contributed by atoms with Gasteiger partial charge in [-0.2, -0.15) is 0 Å². The fourth-order valence-electron chi connectivity index (χ4n) is 3.98. The zero-order valence-corrected chi connectivity index (χ0v) is 14.9. The van der Waals surface area contributed by atoms with Crippen LogP contribution in [0.1, 0.15) is 39.9 Å². The van der Waals surface area contributed by atoms with Crippen LogP contribution in [-0.2, 0) is 19.3 Å². The first-order valence-corrected chi connectivity index (χ1v) is 9.35. The van der Waals surface area contributed by atoms with E-state index < -0.39 is 0 Å². The molecule has 2 nitrogen and oxygen atoms in total. The number of carbonyl (C=O) groups is 1. The topological polar surface area (TPSA) is 29.1 Å². The van der Waals surface area contributed by atoms with Crippen LogP contribution in [0.2, 0.25) is 0 Å². The van der Waals surface area contributed by atoms with Gasteiger partial charge in [-0.3, -0.25) is 4.79 Å². The number of fused-ring (bicyclic) bond motifs is 5. The minimum atomic E-state index is 0.280. The van der Waals surface area contributed by atoms with Crippen LogP contribution >= 0.6 is 0 Å². The third kappa shape index (κ3) is 3.28. The van der Waals surface area contributed by atoms with Crippen molar-refractivity contribution in [1.29, 1.82) is 0 Å². The van der Waals surface area contributed by atoms with Crippen LogP contribution < -0.4 is 5.32 Å². The van der Waals surface area contributed by atoms with E-state index in [0.29, 0.717) is 6.42 Å². The van der Waals surface area contributed by atoms with Gasteiger partial charge in [-0.15, -0.1) is 0 Å². The number of hydrogen-bond donors (Lipinski definition) is 1. The van der Waals surface area contributed by atoms with E-state index in [1.807, 2.05) is 54.9 Å². The smallest absolute Gasteiger partial charge is 0.167 e. The lowest BCUT2D eigenvalue weighted by Gasteiger charge is -2.26. The summed E-state index contributed by atoms with van der Waals surface area (Å²) in [7, 11) is 0. The third-order valence-corrected chi connectivity index (χ3v) is 5.22. The fourth-order valence-corrected chi connectivity index (χ4v) is 3.98. The Morgan fingerprint density at radius 1 is 0.692 bits per heavy atom. The van der Waals surface area contributed by atoms with Crippen LogP contribution in [0.25, 0.3) is 11.1 Å². The SMILES string of the molecule is C1=CC=CNC=C1.O=C1Cc2c(ccc3c2CCCC3)-c2ccccc21. The fraction of sp³-hybridized carbons (Fsp3) is 0.208. The van der Waals surface area contributed by atoms with Crippen LogP contribution in [-0.4, -0.2) is 5.78 Å². The molecule has 0 atom stereocenters. The molecule has 26 heavy (non-hydrogen) atoms. The van der Waals surface area contributed by atoms with Crippen molar-refractivity contribution in [2.75, 3.05) is 0 Å². The number of nitrogens with one attached hydrogen (secondary N) is 1. The lowest BCUT2D eigenvalue weighted by Crippen LogP contribution is -2.17. The Hall–Kier alpha value is -2.87. The summed E-state index contributed by atoms with van der Waals surface area (Å²) < 4.78 is 0. The van der Waals surface area contributed by atoms with E-state index in [2.05, 4.69) is 23.5 Å². The van der Waals surface area contributed by atoms with Gasteiger partial charge >= 0.3 is 0 Å². The predicted octanol–water partition coefficient (Wildman–Crippen LogP) is 5.14. The molecule has 0 radical (unpaired) electrons. The maximum Gasteiger partial charge on any atom is 0.167 e. The van der Waals surface area contributed by atoms with E-state index in [0.717, 1.165) is 17.5 Å². The number of rotatable bonds is 0. The van der Waals surface area contributed by atoms with Crippen molar-refractivity contribution in [3.63, 3.8) is 0 Å². The van der Waals surface area contributed by atoms with Crippen LogP contribution in [0.15, 0.2) is 73.1 Å². The van der Waals surface area contributed by atoms with E-state index >= 15 is 0 Å². The number of carbonyl (C=O) groups excluding carboxylic acids is 1. The van der Waals surface area contributed by atoms with E-state index in [1.54, 1.807) is 0 Å². The molecule has 0 fully saturated rings. The second-order valence-electron chi connectivity index (χ2n) is 6.85. The molecule has 130 valence electrons. The maximum absolute atomic E-state index is 12.3. The highest BCUT2D eigenvalue weighted by Gasteiger charge is 2.26. The normalized spacial score (nSPS) is 16.4. The molecule has 5 rings (SSSR count). The highest BCUT2D eigenvalue weighted by molar-refractivity contribution is 6.07. The molecule has 2 heteroatoms. The molecule has 1 N–H and O–H groups in total. The molecule has 0 spiro atoms. The maximum atomic E-state index is 12.3. The lowest BCUT2D eigenvalue weighted by atomic mass is 9.78. The van der Waals surface area contributed by atoms with Crippen LogP contribution in [0.5, 0.6) is 0 Å². The predicted molar refractivity (Wildman–Crippen MR) is 107 cm³/mol. The van der Waals surface area contributed by atoms with E-state index in [1.165, 1.54) is 41.5 Å². The largest absolute Gasteiger partial charge is 0.368 e. The molecule has 2 aliphatic carbocycles. The van der Waals surface area contributed by atoms with Gasteiger partial charge in [0, 0.05) is 24.4 Å². The number of benzene rings is 2. The van der Waals surface area contributed by atoms with Gasteiger partial charge in [0.15, 0.2) is 5.78 Å². The number of Topliss-reactive ketones (excluding diaryl/α,β-unsaturated/α-hetero) is 1. The Morgan fingerprint density at radius 2 is 1.42 bits per heavy atom. The first-order chi connectivity index (χ1) is 12.8. The summed E-state index contributed by atoms with van der Waals surface area (Å²) in [5.41, 5.74) is 7.55. The second kappa shape index (κ2) is 7.57. The van der Waals surface area contributed by atoms with Crippen molar-refractivity contribution in [3.05, 3.63) is 95.4 Å². The molecule has 0 saturated heterocycles. The minimum absolute atomic E-state index is 0.280. The summed E-state index contributed by atoms with van der Waals surface area (Å²) in [6.07, 6.45) is 17.0. The van der Waals surface area contributed by atoms with Gasteiger partial charge in [-0.1, -0.05) is 48.6 Å². The number of allylic oxidation sites excluding steroid dienone is 4. The molecule has 0 aromatic heterocycles. The second-order valence-corrected chi connectivity index (χ2v) is 6.85. The highest BCUT2D eigenvalue weighted by Crippen LogP contribution is 2.38. The van der Waals surface area contributed by atoms with Crippen LogP contribution in [0.4, 0.5) is 0 Å². The Morgan fingerprint density at radius 3 is 2.23 bits per heavy atom. The number of aryl methyl sites for hydroxylation is 1. The average molecular weight is 341 g/mol. The van der Waals surface area contributed by atoms with Crippen molar-refractivity contribution >= 4 is 5.78 Å².